The highest BCUT2D eigenvalue weighted by atomic mass is 32.2. The van der Waals surface area contributed by atoms with Crippen molar-refractivity contribution in [3.63, 3.8) is 0 Å². The molecule has 1 fully saturated rings. The molecule has 0 bridgehead atoms. The van der Waals surface area contributed by atoms with Gasteiger partial charge in [0.15, 0.2) is 0 Å². The lowest BCUT2D eigenvalue weighted by molar-refractivity contribution is -0.130. The van der Waals surface area contributed by atoms with E-state index >= 15 is 0 Å². The van der Waals surface area contributed by atoms with E-state index in [9.17, 15) is 14.7 Å². The first-order valence-corrected chi connectivity index (χ1v) is 7.49. The zero-order chi connectivity index (χ0) is 15.5. The molecule has 0 aliphatic carbocycles. The van der Waals surface area contributed by atoms with Crippen LogP contribution in [0.15, 0.2) is 42.9 Å². The molecule has 3 rings (SSSR count). The number of nitrogens with zero attached hydrogens (tertiary/aromatic N) is 3. The average molecular weight is 316 g/mol. The maximum atomic E-state index is 12.1. The maximum absolute atomic E-state index is 12.1. The summed E-state index contributed by atoms with van der Waals surface area (Å²) < 4.78 is 0. The summed E-state index contributed by atoms with van der Waals surface area (Å²) in [6, 6.07) is 6.52. The summed E-state index contributed by atoms with van der Waals surface area (Å²) in [7, 11) is 0. The molecule has 2 aromatic rings. The van der Waals surface area contributed by atoms with Gasteiger partial charge in [0.1, 0.15) is 16.8 Å². The quantitative estimate of drug-likeness (QED) is 0.880. The van der Waals surface area contributed by atoms with Crippen LogP contribution in [0.3, 0.4) is 0 Å². The SMILES string of the molecule is O=C(NN1C(=O)CSC1c1ccc(O)cc1)c1cnccn1. The van der Waals surface area contributed by atoms with Crippen LogP contribution in [0, 0.1) is 0 Å². The Bertz CT molecular complexity index is 693. The Kier molecular flexibility index (Phi) is 3.92. The Balaban J connectivity index is 1.79. The van der Waals surface area contributed by atoms with Crippen molar-refractivity contribution in [2.24, 2.45) is 0 Å². The number of thioether (sulfide) groups is 1. The van der Waals surface area contributed by atoms with Gasteiger partial charge >= 0.3 is 0 Å². The predicted octanol–water partition coefficient (Wildman–Crippen LogP) is 1.10. The molecule has 22 heavy (non-hydrogen) atoms. The molecular weight excluding hydrogens is 304 g/mol. The molecule has 0 radical (unpaired) electrons. The second kappa shape index (κ2) is 6.02. The van der Waals surface area contributed by atoms with Crippen LogP contribution in [0.2, 0.25) is 0 Å². The van der Waals surface area contributed by atoms with Crippen LogP contribution in [0.25, 0.3) is 0 Å². The van der Waals surface area contributed by atoms with E-state index in [-0.39, 0.29) is 28.5 Å². The van der Waals surface area contributed by atoms with E-state index in [4.69, 9.17) is 0 Å². The van der Waals surface area contributed by atoms with Crippen LogP contribution in [0.5, 0.6) is 5.75 Å². The Labute approximate surface area is 130 Å². The first-order chi connectivity index (χ1) is 10.6. The van der Waals surface area contributed by atoms with Gasteiger partial charge in [-0.2, -0.15) is 0 Å². The second-order valence-electron chi connectivity index (χ2n) is 4.55. The molecule has 1 atom stereocenters. The van der Waals surface area contributed by atoms with E-state index in [0.29, 0.717) is 0 Å². The number of hydrogen-bond donors (Lipinski definition) is 2. The van der Waals surface area contributed by atoms with Gasteiger partial charge in [0.25, 0.3) is 11.8 Å². The molecule has 1 aromatic heterocycles. The van der Waals surface area contributed by atoms with Gasteiger partial charge in [0.05, 0.1) is 11.9 Å². The van der Waals surface area contributed by atoms with E-state index in [1.54, 1.807) is 24.3 Å². The fraction of sp³-hybridized carbons (Fsp3) is 0.143. The fourth-order valence-corrected chi connectivity index (χ4v) is 3.12. The van der Waals surface area contributed by atoms with Crippen molar-refractivity contribution in [2.75, 3.05) is 5.75 Å². The number of rotatable bonds is 3. The van der Waals surface area contributed by atoms with E-state index < -0.39 is 5.91 Å². The van der Waals surface area contributed by atoms with E-state index in [1.165, 1.54) is 35.4 Å². The molecule has 2 heterocycles. The molecule has 1 aliphatic heterocycles. The number of amides is 2. The molecule has 1 aliphatic rings. The lowest BCUT2D eigenvalue weighted by atomic mass is 10.2. The summed E-state index contributed by atoms with van der Waals surface area (Å²) in [5, 5.41) is 10.3. The number of hydrazine groups is 1. The number of aromatic nitrogens is 2. The van der Waals surface area contributed by atoms with E-state index in [1.807, 2.05) is 0 Å². The predicted molar refractivity (Wildman–Crippen MR) is 79.7 cm³/mol. The van der Waals surface area contributed by atoms with Crippen LogP contribution in [0.1, 0.15) is 21.4 Å². The van der Waals surface area contributed by atoms with Gasteiger partial charge in [-0.05, 0) is 17.7 Å². The molecule has 0 saturated carbocycles. The fourth-order valence-electron chi connectivity index (χ4n) is 2.01. The zero-order valence-electron chi connectivity index (χ0n) is 11.3. The summed E-state index contributed by atoms with van der Waals surface area (Å²) in [6.45, 7) is 0. The molecule has 1 unspecified atom stereocenters. The first kappa shape index (κ1) is 14.3. The summed E-state index contributed by atoms with van der Waals surface area (Å²) in [5.41, 5.74) is 3.52. The number of nitrogens with one attached hydrogen (secondary N) is 1. The van der Waals surface area contributed by atoms with E-state index in [2.05, 4.69) is 15.4 Å². The van der Waals surface area contributed by atoms with Crippen LogP contribution >= 0.6 is 11.8 Å². The van der Waals surface area contributed by atoms with Crippen molar-refractivity contribution in [3.8, 4) is 5.75 Å². The summed E-state index contributed by atoms with van der Waals surface area (Å²) in [5.74, 6) is -0.270. The van der Waals surface area contributed by atoms with Crippen molar-refractivity contribution in [1.29, 1.82) is 0 Å². The monoisotopic (exact) mass is 316 g/mol. The third kappa shape index (κ3) is 2.86. The van der Waals surface area contributed by atoms with Gasteiger partial charge in [-0.3, -0.25) is 20.0 Å². The normalized spacial score (nSPS) is 17.5. The van der Waals surface area contributed by atoms with E-state index in [0.717, 1.165) is 5.56 Å². The van der Waals surface area contributed by atoms with Gasteiger partial charge in [-0.15, -0.1) is 11.8 Å². The van der Waals surface area contributed by atoms with Gasteiger partial charge in [0, 0.05) is 12.4 Å². The molecule has 7 nitrogen and oxygen atoms in total. The Hall–Kier alpha value is -2.61. The average Bonchev–Trinajstić information content (AvgIpc) is 2.90. The summed E-state index contributed by atoms with van der Waals surface area (Å²) in [4.78, 5) is 31.8. The standard InChI is InChI=1S/C14H12N4O3S/c19-10-3-1-9(2-4-10)14-18(12(20)8-22-14)17-13(21)11-7-15-5-6-16-11/h1-7,14,19H,8H2,(H,17,21). The van der Waals surface area contributed by atoms with Gasteiger partial charge in [-0.25, -0.2) is 9.99 Å². The minimum atomic E-state index is -0.493. The van der Waals surface area contributed by atoms with Crippen LogP contribution in [0.4, 0.5) is 0 Å². The molecule has 1 aromatic carbocycles. The second-order valence-corrected chi connectivity index (χ2v) is 5.62. The minimum Gasteiger partial charge on any atom is -0.508 e. The Morgan fingerprint density at radius 1 is 1.32 bits per heavy atom. The van der Waals surface area contributed by atoms with Crippen molar-refractivity contribution < 1.29 is 14.7 Å². The minimum absolute atomic E-state index is 0.136. The number of hydrogen-bond acceptors (Lipinski definition) is 6. The van der Waals surface area contributed by atoms with Crippen molar-refractivity contribution in [2.45, 2.75) is 5.37 Å². The van der Waals surface area contributed by atoms with Crippen molar-refractivity contribution >= 4 is 23.6 Å². The van der Waals surface area contributed by atoms with Crippen LogP contribution in [-0.4, -0.2) is 37.7 Å². The third-order valence-corrected chi connectivity index (χ3v) is 4.28. The topological polar surface area (TPSA) is 95.4 Å². The van der Waals surface area contributed by atoms with Crippen molar-refractivity contribution in [1.82, 2.24) is 20.4 Å². The first-order valence-electron chi connectivity index (χ1n) is 6.45. The lowest BCUT2D eigenvalue weighted by Crippen LogP contribution is -2.44. The summed E-state index contributed by atoms with van der Waals surface area (Å²) >= 11 is 1.40. The van der Waals surface area contributed by atoms with Crippen LogP contribution < -0.4 is 5.43 Å². The molecule has 8 heteroatoms. The highest BCUT2D eigenvalue weighted by Crippen LogP contribution is 2.37. The number of carbonyl (C=O) groups excluding carboxylic acids is 2. The number of carbonyl (C=O) groups is 2. The Morgan fingerprint density at radius 3 is 2.77 bits per heavy atom. The highest BCUT2D eigenvalue weighted by Gasteiger charge is 2.34. The van der Waals surface area contributed by atoms with Gasteiger partial charge in [0.2, 0.25) is 0 Å². The smallest absolute Gasteiger partial charge is 0.290 e. The number of phenols is 1. The van der Waals surface area contributed by atoms with Crippen molar-refractivity contribution in [3.05, 3.63) is 54.1 Å². The molecular formula is C14H12N4O3S. The number of benzene rings is 1. The molecule has 0 spiro atoms. The lowest BCUT2D eigenvalue weighted by Gasteiger charge is -2.24. The molecule has 1 saturated heterocycles. The molecule has 2 N–H and O–H groups in total. The third-order valence-electron chi connectivity index (χ3n) is 3.06. The van der Waals surface area contributed by atoms with Crippen LogP contribution in [-0.2, 0) is 4.79 Å². The summed E-state index contributed by atoms with van der Waals surface area (Å²) in [6.07, 6.45) is 4.21. The molecule has 112 valence electrons. The number of aromatic hydroxyl groups is 1. The largest absolute Gasteiger partial charge is 0.508 e. The Morgan fingerprint density at radius 2 is 2.09 bits per heavy atom. The highest BCUT2D eigenvalue weighted by molar-refractivity contribution is 8.00. The molecule has 2 amide bonds. The number of phenolic OH excluding ortho intramolecular Hbond substituents is 1. The maximum Gasteiger partial charge on any atom is 0.290 e. The van der Waals surface area contributed by atoms with Gasteiger partial charge < -0.3 is 5.11 Å². The van der Waals surface area contributed by atoms with Gasteiger partial charge in [-0.1, -0.05) is 12.1 Å². The zero-order valence-corrected chi connectivity index (χ0v) is 12.2.